The molecule has 1 aromatic carbocycles. The van der Waals surface area contributed by atoms with Crippen molar-refractivity contribution in [1.82, 2.24) is 5.48 Å². The summed E-state index contributed by atoms with van der Waals surface area (Å²) in [4.78, 5) is 15.9. The molecule has 0 aliphatic carbocycles. The van der Waals surface area contributed by atoms with Crippen LogP contribution in [0.1, 0.15) is 11.1 Å². The molecule has 0 atom stereocenters. The summed E-state index contributed by atoms with van der Waals surface area (Å²) in [6, 6.07) is 7.85. The van der Waals surface area contributed by atoms with Gasteiger partial charge in [0.25, 0.3) is 5.91 Å². The van der Waals surface area contributed by atoms with Gasteiger partial charge in [0.15, 0.2) is 6.79 Å². The number of benzene rings is 1. The number of carbonyl (C=O) groups is 1. The maximum Gasteiger partial charge on any atom is 0.267 e. The molecule has 0 spiro atoms. The van der Waals surface area contributed by atoms with E-state index in [0.29, 0.717) is 0 Å². The molecular formula is C12H15NO3. The predicted octanol–water partition coefficient (Wildman–Crippen LogP) is 1.66. The van der Waals surface area contributed by atoms with Crippen molar-refractivity contribution in [1.29, 1.82) is 0 Å². The average molecular weight is 221 g/mol. The second-order valence-corrected chi connectivity index (χ2v) is 3.26. The lowest BCUT2D eigenvalue weighted by molar-refractivity contribution is -0.139. The van der Waals surface area contributed by atoms with E-state index in [9.17, 15) is 4.79 Å². The van der Waals surface area contributed by atoms with Crippen LogP contribution in [0.4, 0.5) is 0 Å². The minimum atomic E-state index is -0.322. The first-order chi connectivity index (χ1) is 7.72. The Balaban J connectivity index is 2.41. The Hall–Kier alpha value is -1.65. The largest absolute Gasteiger partial charge is 0.356 e. The van der Waals surface area contributed by atoms with Gasteiger partial charge in [0.1, 0.15) is 0 Å². The zero-order valence-electron chi connectivity index (χ0n) is 9.40. The van der Waals surface area contributed by atoms with Crippen LogP contribution in [0, 0.1) is 6.92 Å². The molecule has 4 nitrogen and oxygen atoms in total. The van der Waals surface area contributed by atoms with Crippen LogP contribution in [0.5, 0.6) is 0 Å². The van der Waals surface area contributed by atoms with Gasteiger partial charge in [0, 0.05) is 13.2 Å². The first-order valence-electron chi connectivity index (χ1n) is 4.88. The normalized spacial score (nSPS) is 10.6. The van der Waals surface area contributed by atoms with E-state index in [1.165, 1.54) is 18.7 Å². The molecule has 1 N–H and O–H groups in total. The van der Waals surface area contributed by atoms with Crippen molar-refractivity contribution >= 4 is 12.0 Å². The Morgan fingerprint density at radius 1 is 1.38 bits per heavy atom. The minimum absolute atomic E-state index is 0.0319. The van der Waals surface area contributed by atoms with Crippen LogP contribution in [-0.4, -0.2) is 19.8 Å². The Labute approximate surface area is 94.8 Å². The number of hydrogen-bond donors (Lipinski definition) is 1. The lowest BCUT2D eigenvalue weighted by Crippen LogP contribution is -2.22. The molecule has 0 saturated heterocycles. The van der Waals surface area contributed by atoms with Crippen molar-refractivity contribution in [3.05, 3.63) is 41.5 Å². The Bertz CT molecular complexity index is 357. The highest BCUT2D eigenvalue weighted by Gasteiger charge is 1.94. The van der Waals surface area contributed by atoms with Crippen molar-refractivity contribution in [2.45, 2.75) is 6.92 Å². The van der Waals surface area contributed by atoms with Gasteiger partial charge in [-0.05, 0) is 18.6 Å². The smallest absolute Gasteiger partial charge is 0.267 e. The van der Waals surface area contributed by atoms with E-state index in [0.717, 1.165) is 5.56 Å². The Kier molecular flexibility index (Phi) is 5.25. The van der Waals surface area contributed by atoms with Crippen molar-refractivity contribution in [3.8, 4) is 0 Å². The van der Waals surface area contributed by atoms with Crippen LogP contribution in [0.25, 0.3) is 6.08 Å². The number of rotatable bonds is 5. The molecule has 0 aliphatic rings. The standard InChI is InChI=1S/C12H15NO3/c1-10-3-5-11(6-4-10)7-8-12(14)13-16-9-15-2/h3-8H,9H2,1-2H3,(H,13,14)/b8-7+. The third-order valence-corrected chi connectivity index (χ3v) is 1.85. The van der Waals surface area contributed by atoms with Gasteiger partial charge in [0.2, 0.25) is 0 Å². The van der Waals surface area contributed by atoms with Gasteiger partial charge in [-0.1, -0.05) is 29.8 Å². The number of aryl methyl sites for hydroxylation is 1. The van der Waals surface area contributed by atoms with Crippen LogP contribution >= 0.6 is 0 Å². The summed E-state index contributed by atoms with van der Waals surface area (Å²) < 4.78 is 4.61. The third-order valence-electron chi connectivity index (χ3n) is 1.85. The lowest BCUT2D eigenvalue weighted by atomic mass is 10.1. The summed E-state index contributed by atoms with van der Waals surface area (Å²) in [7, 11) is 1.48. The molecule has 0 unspecified atom stereocenters. The molecule has 1 amide bonds. The summed E-state index contributed by atoms with van der Waals surface area (Å²) in [5, 5.41) is 0. The summed E-state index contributed by atoms with van der Waals surface area (Å²) in [5.41, 5.74) is 4.36. The molecule has 0 radical (unpaired) electrons. The second kappa shape index (κ2) is 6.76. The molecular weight excluding hydrogens is 206 g/mol. The molecule has 16 heavy (non-hydrogen) atoms. The molecule has 0 fully saturated rings. The first kappa shape index (κ1) is 12.4. The van der Waals surface area contributed by atoms with Gasteiger partial charge in [-0.15, -0.1) is 0 Å². The van der Waals surface area contributed by atoms with E-state index in [4.69, 9.17) is 0 Å². The zero-order valence-corrected chi connectivity index (χ0v) is 9.40. The van der Waals surface area contributed by atoms with Crippen LogP contribution < -0.4 is 5.48 Å². The number of hydrogen-bond acceptors (Lipinski definition) is 3. The van der Waals surface area contributed by atoms with Crippen molar-refractivity contribution < 1.29 is 14.4 Å². The molecule has 0 saturated carbocycles. The van der Waals surface area contributed by atoms with E-state index < -0.39 is 0 Å². The number of nitrogens with one attached hydrogen (secondary N) is 1. The molecule has 86 valence electrons. The van der Waals surface area contributed by atoms with E-state index in [2.05, 4.69) is 15.1 Å². The van der Waals surface area contributed by atoms with Crippen LogP contribution in [-0.2, 0) is 14.4 Å². The maximum absolute atomic E-state index is 11.2. The van der Waals surface area contributed by atoms with E-state index >= 15 is 0 Å². The first-order valence-corrected chi connectivity index (χ1v) is 4.88. The Morgan fingerprint density at radius 3 is 2.69 bits per heavy atom. The highest BCUT2D eigenvalue weighted by Crippen LogP contribution is 2.04. The van der Waals surface area contributed by atoms with Crippen molar-refractivity contribution in [3.63, 3.8) is 0 Å². The number of methoxy groups -OCH3 is 1. The van der Waals surface area contributed by atoms with Crippen LogP contribution in [0.15, 0.2) is 30.3 Å². The summed E-state index contributed by atoms with van der Waals surface area (Å²) in [6.07, 6.45) is 3.12. The predicted molar refractivity (Wildman–Crippen MR) is 61.3 cm³/mol. The topological polar surface area (TPSA) is 47.6 Å². The van der Waals surface area contributed by atoms with Gasteiger partial charge < -0.3 is 4.74 Å². The van der Waals surface area contributed by atoms with Gasteiger partial charge in [-0.3, -0.25) is 4.79 Å². The number of carbonyl (C=O) groups excluding carboxylic acids is 1. The molecule has 4 heteroatoms. The number of hydroxylamine groups is 1. The zero-order chi connectivity index (χ0) is 11.8. The van der Waals surface area contributed by atoms with E-state index in [1.54, 1.807) is 6.08 Å². The summed E-state index contributed by atoms with van der Waals surface area (Å²) in [5.74, 6) is -0.322. The quantitative estimate of drug-likeness (QED) is 0.356. The molecule has 0 bridgehead atoms. The van der Waals surface area contributed by atoms with Crippen molar-refractivity contribution in [2.24, 2.45) is 0 Å². The fourth-order valence-corrected chi connectivity index (χ4v) is 1.04. The highest BCUT2D eigenvalue weighted by atomic mass is 16.8. The molecule has 0 aromatic heterocycles. The fourth-order valence-electron chi connectivity index (χ4n) is 1.04. The maximum atomic E-state index is 11.2. The van der Waals surface area contributed by atoms with Gasteiger partial charge in [0.05, 0.1) is 0 Å². The van der Waals surface area contributed by atoms with E-state index in [1.807, 2.05) is 31.2 Å². The number of ether oxygens (including phenoxy) is 1. The SMILES string of the molecule is COCONC(=O)/C=C/c1ccc(C)cc1. The number of amides is 1. The van der Waals surface area contributed by atoms with Gasteiger partial charge in [-0.25, -0.2) is 10.3 Å². The second-order valence-electron chi connectivity index (χ2n) is 3.26. The summed E-state index contributed by atoms with van der Waals surface area (Å²) in [6.45, 7) is 2.04. The molecule has 1 rings (SSSR count). The van der Waals surface area contributed by atoms with Gasteiger partial charge >= 0.3 is 0 Å². The average Bonchev–Trinajstić information content (AvgIpc) is 2.29. The summed E-state index contributed by atoms with van der Waals surface area (Å²) >= 11 is 0. The van der Waals surface area contributed by atoms with Crippen molar-refractivity contribution in [2.75, 3.05) is 13.9 Å². The van der Waals surface area contributed by atoms with E-state index in [-0.39, 0.29) is 12.7 Å². The molecule has 1 aromatic rings. The highest BCUT2D eigenvalue weighted by molar-refractivity contribution is 5.90. The van der Waals surface area contributed by atoms with Gasteiger partial charge in [-0.2, -0.15) is 0 Å². The third kappa shape index (κ3) is 4.72. The van der Waals surface area contributed by atoms with Crippen LogP contribution in [0.2, 0.25) is 0 Å². The lowest BCUT2D eigenvalue weighted by Gasteiger charge is -2.00. The fraction of sp³-hybridized carbons (Fsp3) is 0.250. The minimum Gasteiger partial charge on any atom is -0.356 e. The monoisotopic (exact) mass is 221 g/mol. The Morgan fingerprint density at radius 2 is 2.06 bits per heavy atom. The van der Waals surface area contributed by atoms with Crippen LogP contribution in [0.3, 0.4) is 0 Å². The molecule has 0 heterocycles. The molecule has 0 aliphatic heterocycles.